The van der Waals surface area contributed by atoms with E-state index in [-0.39, 0.29) is 10.7 Å². The maximum absolute atomic E-state index is 11.9. The van der Waals surface area contributed by atoms with Crippen molar-refractivity contribution in [2.45, 2.75) is 17.9 Å². The van der Waals surface area contributed by atoms with E-state index in [1.807, 2.05) is 6.92 Å². The number of hydrogen-bond donors (Lipinski definition) is 0. The van der Waals surface area contributed by atoms with Gasteiger partial charge in [-0.2, -0.15) is 0 Å². The van der Waals surface area contributed by atoms with Gasteiger partial charge in [0.25, 0.3) is 0 Å². The van der Waals surface area contributed by atoms with Crippen molar-refractivity contribution in [1.82, 2.24) is 0 Å². The highest BCUT2D eigenvalue weighted by molar-refractivity contribution is 9.09. The predicted molar refractivity (Wildman–Crippen MR) is 26.8 cm³/mol. The molecule has 1 aliphatic rings. The zero-order valence-corrected chi connectivity index (χ0v) is 5.07. The molecule has 3 atom stereocenters. The Hall–Kier alpha value is 0.410. The Morgan fingerprint density at radius 3 is 1.83 bits per heavy atom. The fraction of sp³-hybridized carbons (Fsp3) is 1.00. The van der Waals surface area contributed by atoms with Crippen molar-refractivity contribution in [3.8, 4) is 0 Å². The van der Waals surface area contributed by atoms with Crippen LogP contribution in [-0.2, 0) is 0 Å². The van der Waals surface area contributed by atoms with Gasteiger partial charge in [-0.15, -0.1) is 0 Å². The Bertz CT molecular complexity index is 44.3. The van der Waals surface area contributed by atoms with Crippen molar-refractivity contribution in [3.05, 3.63) is 0 Å². The Labute approximate surface area is 44.9 Å². The molecule has 2 heteroatoms. The largest absolute Gasteiger partial charge is 0.246 e. The molecule has 1 rings (SSSR count). The molecule has 0 N–H and O–H groups in total. The fourth-order valence-electron chi connectivity index (χ4n) is 0.368. The van der Waals surface area contributed by atoms with Gasteiger partial charge in [-0.3, -0.25) is 0 Å². The van der Waals surface area contributed by atoms with Gasteiger partial charge < -0.3 is 0 Å². The minimum Gasteiger partial charge on any atom is -0.246 e. The lowest BCUT2D eigenvalue weighted by Gasteiger charge is -1.62. The standard InChI is InChI=1S/C4H6BrF/c1-2-3(5)4(2)6/h2-4H,1H3/t2-,3+,4-/m0/s1. The summed E-state index contributed by atoms with van der Waals surface area (Å²) in [5.41, 5.74) is 0. The quantitative estimate of drug-likeness (QED) is 0.465. The third-order valence-electron chi connectivity index (χ3n) is 1.17. The molecule has 1 saturated carbocycles. The summed E-state index contributed by atoms with van der Waals surface area (Å²) in [4.78, 5) is 0.164. The molecule has 0 saturated heterocycles. The summed E-state index contributed by atoms with van der Waals surface area (Å²) in [5, 5.41) is 0. The summed E-state index contributed by atoms with van der Waals surface area (Å²) >= 11 is 3.14. The third kappa shape index (κ3) is 0.473. The molecule has 0 nitrogen and oxygen atoms in total. The van der Waals surface area contributed by atoms with Crippen molar-refractivity contribution in [3.63, 3.8) is 0 Å². The van der Waals surface area contributed by atoms with Crippen LogP contribution >= 0.6 is 15.9 Å². The van der Waals surface area contributed by atoms with Crippen LogP contribution in [0.3, 0.4) is 0 Å². The van der Waals surface area contributed by atoms with E-state index < -0.39 is 6.17 Å². The van der Waals surface area contributed by atoms with Crippen LogP contribution in [0.4, 0.5) is 4.39 Å². The Kier molecular flexibility index (Phi) is 0.904. The van der Waals surface area contributed by atoms with E-state index in [4.69, 9.17) is 0 Å². The maximum Gasteiger partial charge on any atom is 0.117 e. The van der Waals surface area contributed by atoms with Crippen molar-refractivity contribution < 1.29 is 4.39 Å². The highest BCUT2D eigenvalue weighted by Crippen LogP contribution is 2.40. The molecule has 0 amide bonds. The van der Waals surface area contributed by atoms with Gasteiger partial charge >= 0.3 is 0 Å². The summed E-state index contributed by atoms with van der Waals surface area (Å²) in [5.74, 6) is 0.269. The normalized spacial score (nSPS) is 55.5. The van der Waals surface area contributed by atoms with Gasteiger partial charge in [0.05, 0.1) is 4.83 Å². The van der Waals surface area contributed by atoms with Crippen LogP contribution in [0.25, 0.3) is 0 Å². The zero-order valence-electron chi connectivity index (χ0n) is 3.49. The molecule has 1 fully saturated rings. The van der Waals surface area contributed by atoms with E-state index in [0.29, 0.717) is 0 Å². The Balaban J connectivity index is 2.31. The molecule has 0 bridgehead atoms. The first-order valence-corrected chi connectivity index (χ1v) is 2.93. The van der Waals surface area contributed by atoms with E-state index in [9.17, 15) is 4.39 Å². The second kappa shape index (κ2) is 1.19. The molecule has 0 aliphatic heterocycles. The molecular weight excluding hydrogens is 147 g/mol. The summed E-state index contributed by atoms with van der Waals surface area (Å²) in [6.07, 6.45) is -0.565. The van der Waals surface area contributed by atoms with Crippen LogP contribution in [0.1, 0.15) is 6.92 Å². The Morgan fingerprint density at radius 2 is 1.83 bits per heavy atom. The van der Waals surface area contributed by atoms with Crippen LogP contribution < -0.4 is 0 Å². The fourth-order valence-corrected chi connectivity index (χ4v) is 0.965. The molecule has 0 spiro atoms. The lowest BCUT2D eigenvalue weighted by molar-refractivity contribution is 0.456. The van der Waals surface area contributed by atoms with Gasteiger partial charge in [0.15, 0.2) is 0 Å². The van der Waals surface area contributed by atoms with E-state index in [0.717, 1.165) is 0 Å². The molecular formula is C4H6BrF. The minimum atomic E-state index is -0.565. The summed E-state index contributed by atoms with van der Waals surface area (Å²) < 4.78 is 11.9. The monoisotopic (exact) mass is 152 g/mol. The van der Waals surface area contributed by atoms with Crippen LogP contribution in [0.15, 0.2) is 0 Å². The topological polar surface area (TPSA) is 0 Å². The predicted octanol–water partition coefficient (Wildman–Crippen LogP) is 1.74. The second-order valence-electron chi connectivity index (χ2n) is 1.75. The molecule has 0 aromatic heterocycles. The number of hydrogen-bond acceptors (Lipinski definition) is 0. The molecule has 36 valence electrons. The average molecular weight is 153 g/mol. The second-order valence-corrected chi connectivity index (χ2v) is 2.81. The SMILES string of the molecule is C[C@@H]1[C@H](F)[C@@H]1Br. The summed E-state index contributed by atoms with van der Waals surface area (Å²) in [6.45, 7) is 1.89. The highest BCUT2D eigenvalue weighted by atomic mass is 79.9. The Morgan fingerprint density at radius 1 is 1.67 bits per heavy atom. The first-order valence-electron chi connectivity index (χ1n) is 2.01. The van der Waals surface area contributed by atoms with Crippen LogP contribution in [0.5, 0.6) is 0 Å². The van der Waals surface area contributed by atoms with Gasteiger partial charge in [0.2, 0.25) is 0 Å². The summed E-state index contributed by atoms with van der Waals surface area (Å²) in [6, 6.07) is 0. The zero-order chi connectivity index (χ0) is 4.73. The number of rotatable bonds is 0. The van der Waals surface area contributed by atoms with Crippen LogP contribution in [0, 0.1) is 5.92 Å². The van der Waals surface area contributed by atoms with Crippen molar-refractivity contribution in [1.29, 1.82) is 0 Å². The summed E-state index contributed by atoms with van der Waals surface area (Å²) in [7, 11) is 0. The highest BCUT2D eigenvalue weighted by Gasteiger charge is 2.45. The first kappa shape index (κ1) is 4.57. The van der Waals surface area contributed by atoms with Crippen molar-refractivity contribution in [2.24, 2.45) is 5.92 Å². The molecule has 0 aromatic rings. The van der Waals surface area contributed by atoms with E-state index in [1.165, 1.54) is 0 Å². The average Bonchev–Trinajstić information content (AvgIpc) is 1.94. The maximum atomic E-state index is 11.9. The molecule has 0 aromatic carbocycles. The van der Waals surface area contributed by atoms with E-state index in [2.05, 4.69) is 15.9 Å². The number of halogens is 2. The molecule has 0 radical (unpaired) electrons. The smallest absolute Gasteiger partial charge is 0.117 e. The molecule has 0 heterocycles. The lowest BCUT2D eigenvalue weighted by Crippen LogP contribution is -1.65. The number of alkyl halides is 2. The van der Waals surface area contributed by atoms with Crippen molar-refractivity contribution in [2.75, 3.05) is 0 Å². The lowest BCUT2D eigenvalue weighted by atomic mass is 10.5. The van der Waals surface area contributed by atoms with Crippen LogP contribution in [0.2, 0.25) is 0 Å². The molecule has 1 aliphatic carbocycles. The van der Waals surface area contributed by atoms with E-state index >= 15 is 0 Å². The van der Waals surface area contributed by atoms with Gasteiger partial charge in [0.1, 0.15) is 6.17 Å². The van der Waals surface area contributed by atoms with Gasteiger partial charge in [-0.05, 0) is 0 Å². The van der Waals surface area contributed by atoms with Crippen molar-refractivity contribution >= 4 is 15.9 Å². The molecule has 0 unspecified atom stereocenters. The van der Waals surface area contributed by atoms with Crippen LogP contribution in [-0.4, -0.2) is 11.0 Å². The third-order valence-corrected chi connectivity index (χ3v) is 2.51. The van der Waals surface area contributed by atoms with Gasteiger partial charge in [0, 0.05) is 5.92 Å². The van der Waals surface area contributed by atoms with E-state index in [1.54, 1.807) is 0 Å². The van der Waals surface area contributed by atoms with Gasteiger partial charge in [-0.25, -0.2) is 4.39 Å². The minimum absolute atomic E-state index is 0.164. The van der Waals surface area contributed by atoms with Gasteiger partial charge in [-0.1, -0.05) is 22.9 Å². The molecule has 6 heavy (non-hydrogen) atoms. The first-order chi connectivity index (χ1) is 2.73.